The Labute approximate surface area is 52.7 Å². The second-order valence-electron chi connectivity index (χ2n) is 1.87. The number of carbonyl (C=O) groups excluding carboxylic acids is 1. The number of amides is 1. The average Bonchev–Trinajstić information content (AvgIpc) is 1.82. The summed E-state index contributed by atoms with van der Waals surface area (Å²) in [7, 11) is 0. The second kappa shape index (κ2) is 4.26. The number of alkyl halides is 1. The molecule has 1 unspecified atom stereocenters. The van der Waals surface area contributed by atoms with Crippen LogP contribution in [0.5, 0.6) is 0 Å². The highest BCUT2D eigenvalue weighted by Gasteiger charge is 2.08. The zero-order valence-electron chi connectivity index (χ0n) is 5.01. The summed E-state index contributed by atoms with van der Waals surface area (Å²) >= 11 is 0. The lowest BCUT2D eigenvalue weighted by atomic mass is 10.1. The maximum atomic E-state index is 11.7. The molecule has 0 aliphatic rings. The average molecular weight is 135 g/mol. The van der Waals surface area contributed by atoms with Crippen LogP contribution in [-0.2, 0) is 4.79 Å². The van der Waals surface area contributed by atoms with Gasteiger partial charge in [0.05, 0.1) is 6.67 Å². The van der Waals surface area contributed by atoms with E-state index in [-0.39, 0.29) is 13.0 Å². The van der Waals surface area contributed by atoms with Gasteiger partial charge >= 0.3 is 0 Å². The summed E-state index contributed by atoms with van der Waals surface area (Å²) in [5, 5.41) is 8.33. The zero-order valence-corrected chi connectivity index (χ0v) is 5.01. The lowest BCUT2D eigenvalue weighted by Crippen LogP contribution is -2.19. The molecule has 0 aromatic rings. The Balaban J connectivity index is 3.43. The predicted octanol–water partition coefficient (Wildman–Crippen LogP) is -0.560. The summed E-state index contributed by atoms with van der Waals surface area (Å²) in [6.07, 6.45) is -0.0764. The van der Waals surface area contributed by atoms with E-state index in [1.165, 1.54) is 0 Å². The summed E-state index contributed by atoms with van der Waals surface area (Å²) < 4.78 is 11.7. The highest BCUT2D eigenvalue weighted by atomic mass is 19.1. The van der Waals surface area contributed by atoms with Crippen LogP contribution < -0.4 is 5.73 Å². The molecule has 0 aliphatic heterocycles. The summed E-state index contributed by atoms with van der Waals surface area (Å²) in [6, 6.07) is 0. The molecule has 0 aromatic heterocycles. The summed E-state index contributed by atoms with van der Waals surface area (Å²) in [6.45, 7) is -1.02. The molecule has 3 nitrogen and oxygen atoms in total. The number of hydrogen-bond acceptors (Lipinski definition) is 2. The number of hydrogen-bond donors (Lipinski definition) is 2. The van der Waals surface area contributed by atoms with Gasteiger partial charge in [-0.1, -0.05) is 0 Å². The van der Waals surface area contributed by atoms with Crippen molar-refractivity contribution >= 4 is 5.91 Å². The minimum atomic E-state index is -0.695. The van der Waals surface area contributed by atoms with E-state index in [4.69, 9.17) is 10.8 Å². The largest absolute Gasteiger partial charge is 0.396 e. The number of aliphatic hydroxyl groups is 1. The number of nitrogens with two attached hydrogens (primary N) is 1. The third-order valence-electron chi connectivity index (χ3n) is 0.966. The molecule has 0 fully saturated rings. The normalized spacial score (nSPS) is 13.1. The molecule has 54 valence electrons. The molecule has 0 rings (SSSR count). The van der Waals surface area contributed by atoms with Gasteiger partial charge in [0.1, 0.15) is 0 Å². The van der Waals surface area contributed by atoms with Crippen molar-refractivity contribution in [2.24, 2.45) is 11.7 Å². The molecule has 3 N–H and O–H groups in total. The molecule has 0 aromatic carbocycles. The highest BCUT2D eigenvalue weighted by Crippen LogP contribution is 2.00. The molecule has 4 heteroatoms. The predicted molar refractivity (Wildman–Crippen MR) is 30.4 cm³/mol. The Kier molecular flexibility index (Phi) is 3.96. The third kappa shape index (κ3) is 3.90. The summed E-state index contributed by atoms with van der Waals surface area (Å²) in [5.41, 5.74) is 4.73. The molecule has 1 atom stereocenters. The van der Waals surface area contributed by atoms with Gasteiger partial charge in [0, 0.05) is 18.9 Å². The first-order valence-electron chi connectivity index (χ1n) is 2.65. The van der Waals surface area contributed by atoms with E-state index in [9.17, 15) is 9.18 Å². The minimum Gasteiger partial charge on any atom is -0.396 e. The lowest BCUT2D eigenvalue weighted by Gasteiger charge is -2.04. The molecule has 0 spiro atoms. The molecule has 0 bridgehead atoms. The SMILES string of the molecule is NC(=O)CC(CO)CF. The van der Waals surface area contributed by atoms with Crippen LogP contribution in [0.25, 0.3) is 0 Å². The molecule has 0 saturated heterocycles. The fraction of sp³-hybridized carbons (Fsp3) is 0.800. The molecule has 9 heavy (non-hydrogen) atoms. The van der Waals surface area contributed by atoms with Gasteiger partial charge in [-0.15, -0.1) is 0 Å². The Morgan fingerprint density at radius 1 is 1.78 bits per heavy atom. The van der Waals surface area contributed by atoms with Crippen LogP contribution in [0.4, 0.5) is 4.39 Å². The fourth-order valence-electron chi connectivity index (χ4n) is 0.452. The molecular weight excluding hydrogens is 125 g/mol. The monoisotopic (exact) mass is 135 g/mol. The highest BCUT2D eigenvalue weighted by molar-refractivity contribution is 5.73. The Hall–Kier alpha value is -0.640. The molecular formula is C5H10FNO2. The van der Waals surface area contributed by atoms with E-state index in [0.29, 0.717) is 0 Å². The minimum absolute atomic E-state index is 0.0764. The van der Waals surface area contributed by atoms with Crippen molar-refractivity contribution in [1.29, 1.82) is 0 Å². The maximum Gasteiger partial charge on any atom is 0.217 e. The molecule has 0 heterocycles. The topological polar surface area (TPSA) is 63.3 Å². The fourth-order valence-corrected chi connectivity index (χ4v) is 0.452. The summed E-state index contributed by atoms with van der Waals surface area (Å²) in [5.74, 6) is -1.19. The first kappa shape index (κ1) is 8.36. The van der Waals surface area contributed by atoms with Crippen molar-refractivity contribution in [3.05, 3.63) is 0 Å². The number of aliphatic hydroxyl groups excluding tert-OH is 1. The number of halogens is 1. The van der Waals surface area contributed by atoms with Gasteiger partial charge in [-0.05, 0) is 0 Å². The van der Waals surface area contributed by atoms with Crippen molar-refractivity contribution in [2.75, 3.05) is 13.3 Å². The van der Waals surface area contributed by atoms with Gasteiger partial charge in [0.2, 0.25) is 5.91 Å². The first-order valence-corrected chi connectivity index (χ1v) is 2.65. The second-order valence-corrected chi connectivity index (χ2v) is 1.87. The number of primary amides is 1. The van der Waals surface area contributed by atoms with Gasteiger partial charge in [-0.2, -0.15) is 0 Å². The van der Waals surface area contributed by atoms with E-state index in [2.05, 4.69) is 0 Å². The van der Waals surface area contributed by atoms with E-state index < -0.39 is 18.5 Å². The Morgan fingerprint density at radius 3 is 2.44 bits per heavy atom. The van der Waals surface area contributed by atoms with E-state index in [1.807, 2.05) is 0 Å². The van der Waals surface area contributed by atoms with Crippen LogP contribution in [0.15, 0.2) is 0 Å². The molecule has 0 radical (unpaired) electrons. The molecule has 0 saturated carbocycles. The van der Waals surface area contributed by atoms with Crippen LogP contribution in [0, 0.1) is 5.92 Å². The van der Waals surface area contributed by atoms with Gasteiger partial charge in [-0.25, -0.2) is 0 Å². The van der Waals surface area contributed by atoms with Crippen LogP contribution in [0.1, 0.15) is 6.42 Å². The molecule has 1 amide bonds. The van der Waals surface area contributed by atoms with E-state index in [1.54, 1.807) is 0 Å². The maximum absolute atomic E-state index is 11.7. The van der Waals surface area contributed by atoms with Crippen molar-refractivity contribution < 1.29 is 14.3 Å². The van der Waals surface area contributed by atoms with Crippen LogP contribution >= 0.6 is 0 Å². The van der Waals surface area contributed by atoms with Gasteiger partial charge in [0.15, 0.2) is 0 Å². The zero-order chi connectivity index (χ0) is 7.28. The van der Waals surface area contributed by atoms with Gasteiger partial charge in [-0.3, -0.25) is 9.18 Å². The first-order chi connectivity index (χ1) is 4.20. The van der Waals surface area contributed by atoms with Crippen molar-refractivity contribution in [3.8, 4) is 0 Å². The van der Waals surface area contributed by atoms with E-state index >= 15 is 0 Å². The van der Waals surface area contributed by atoms with Gasteiger partial charge < -0.3 is 10.8 Å². The van der Waals surface area contributed by atoms with Gasteiger partial charge in [0.25, 0.3) is 0 Å². The number of rotatable bonds is 4. The van der Waals surface area contributed by atoms with Crippen molar-refractivity contribution in [1.82, 2.24) is 0 Å². The standard InChI is InChI=1S/C5H10FNO2/c6-2-4(3-8)1-5(7)9/h4,8H,1-3H2,(H2,7,9). The quantitative estimate of drug-likeness (QED) is 0.542. The van der Waals surface area contributed by atoms with Crippen molar-refractivity contribution in [3.63, 3.8) is 0 Å². The number of carbonyl (C=O) groups is 1. The molecule has 0 aliphatic carbocycles. The third-order valence-corrected chi connectivity index (χ3v) is 0.966. The smallest absolute Gasteiger partial charge is 0.217 e. The van der Waals surface area contributed by atoms with E-state index in [0.717, 1.165) is 0 Å². The Bertz CT molecular complexity index is 93.0. The Morgan fingerprint density at radius 2 is 2.33 bits per heavy atom. The van der Waals surface area contributed by atoms with Crippen LogP contribution in [0.2, 0.25) is 0 Å². The van der Waals surface area contributed by atoms with Crippen LogP contribution in [-0.4, -0.2) is 24.3 Å². The van der Waals surface area contributed by atoms with Crippen LogP contribution in [0.3, 0.4) is 0 Å². The van der Waals surface area contributed by atoms with Crippen molar-refractivity contribution in [2.45, 2.75) is 6.42 Å². The lowest BCUT2D eigenvalue weighted by molar-refractivity contribution is -0.119. The summed E-state index contributed by atoms with van der Waals surface area (Å²) in [4.78, 5) is 10.1.